The van der Waals surface area contributed by atoms with Crippen molar-refractivity contribution in [2.24, 2.45) is 0 Å². The molecule has 0 aliphatic carbocycles. The van der Waals surface area contributed by atoms with Gasteiger partial charge in [0.2, 0.25) is 0 Å². The Morgan fingerprint density at radius 1 is 1.39 bits per heavy atom. The minimum atomic E-state index is -0.230. The molecule has 0 saturated heterocycles. The van der Waals surface area contributed by atoms with Crippen molar-refractivity contribution in [3.05, 3.63) is 40.9 Å². The van der Waals surface area contributed by atoms with Crippen LogP contribution < -0.4 is 4.74 Å². The average Bonchev–Trinajstić information content (AvgIpc) is 2.58. The highest BCUT2D eigenvalue weighted by atomic mass is 35.5. The Balaban J connectivity index is 2.23. The standard InChI is InChI=1S/C19H28ClNO2/c1-6-7-15-12-21(5)9-8-14-10-17(20)18(11-16(14)15)22-13-23-19(2,3)4/h6,10-11,15H,1,7-9,12-13H2,2-5H3. The molecule has 1 unspecified atom stereocenters. The fourth-order valence-corrected chi connectivity index (χ4v) is 3.11. The Bertz CT molecular complexity index is 551. The minimum Gasteiger partial charge on any atom is -0.466 e. The smallest absolute Gasteiger partial charge is 0.189 e. The zero-order valence-electron chi connectivity index (χ0n) is 14.7. The van der Waals surface area contributed by atoms with Gasteiger partial charge in [0.1, 0.15) is 5.75 Å². The molecule has 0 saturated carbocycles. The number of halogens is 1. The highest BCUT2D eigenvalue weighted by Crippen LogP contribution is 2.36. The minimum absolute atomic E-state index is 0.202. The predicted octanol–water partition coefficient (Wildman–Crippen LogP) is 4.64. The fraction of sp³-hybridized carbons (Fsp3) is 0.579. The number of benzene rings is 1. The summed E-state index contributed by atoms with van der Waals surface area (Å²) < 4.78 is 11.4. The summed E-state index contributed by atoms with van der Waals surface area (Å²) in [5.74, 6) is 1.13. The van der Waals surface area contributed by atoms with Crippen LogP contribution in [0.3, 0.4) is 0 Å². The molecule has 1 aromatic carbocycles. The van der Waals surface area contributed by atoms with Crippen molar-refractivity contribution >= 4 is 11.6 Å². The van der Waals surface area contributed by atoms with Crippen molar-refractivity contribution < 1.29 is 9.47 Å². The van der Waals surface area contributed by atoms with E-state index in [0.717, 1.165) is 25.9 Å². The first-order valence-electron chi connectivity index (χ1n) is 8.18. The van der Waals surface area contributed by atoms with E-state index in [1.165, 1.54) is 11.1 Å². The van der Waals surface area contributed by atoms with Crippen molar-refractivity contribution in [1.29, 1.82) is 0 Å². The van der Waals surface area contributed by atoms with Crippen molar-refractivity contribution in [2.75, 3.05) is 26.9 Å². The molecule has 0 radical (unpaired) electrons. The van der Waals surface area contributed by atoms with Crippen molar-refractivity contribution in [1.82, 2.24) is 4.90 Å². The number of fused-ring (bicyclic) bond motifs is 1. The van der Waals surface area contributed by atoms with Gasteiger partial charge in [0.05, 0.1) is 10.6 Å². The average molecular weight is 338 g/mol. The number of nitrogens with zero attached hydrogens (tertiary/aromatic N) is 1. The Labute approximate surface area is 145 Å². The predicted molar refractivity (Wildman–Crippen MR) is 96.5 cm³/mol. The first kappa shape index (κ1) is 18.3. The van der Waals surface area contributed by atoms with Gasteiger partial charge in [-0.25, -0.2) is 0 Å². The van der Waals surface area contributed by atoms with E-state index in [4.69, 9.17) is 21.1 Å². The molecule has 128 valence electrons. The third-order valence-corrected chi connectivity index (χ3v) is 4.38. The Kier molecular flexibility index (Phi) is 6.12. The van der Waals surface area contributed by atoms with Crippen LogP contribution >= 0.6 is 11.6 Å². The van der Waals surface area contributed by atoms with Gasteiger partial charge in [-0.2, -0.15) is 0 Å². The molecule has 1 aliphatic rings. The van der Waals surface area contributed by atoms with Crippen LogP contribution in [-0.4, -0.2) is 37.4 Å². The molecule has 0 spiro atoms. The molecule has 23 heavy (non-hydrogen) atoms. The zero-order chi connectivity index (χ0) is 17.0. The number of allylic oxidation sites excluding steroid dienone is 1. The van der Waals surface area contributed by atoms with E-state index in [1.54, 1.807) is 0 Å². The zero-order valence-corrected chi connectivity index (χ0v) is 15.4. The largest absolute Gasteiger partial charge is 0.466 e. The van der Waals surface area contributed by atoms with Crippen LogP contribution in [0, 0.1) is 0 Å². The van der Waals surface area contributed by atoms with Crippen LogP contribution in [0.4, 0.5) is 0 Å². The Morgan fingerprint density at radius 2 is 2.13 bits per heavy atom. The van der Waals surface area contributed by atoms with E-state index in [-0.39, 0.29) is 12.4 Å². The van der Waals surface area contributed by atoms with E-state index in [0.29, 0.717) is 16.7 Å². The lowest BCUT2D eigenvalue weighted by molar-refractivity contribution is -0.0758. The molecule has 0 amide bonds. The van der Waals surface area contributed by atoms with Crippen LogP contribution in [0.2, 0.25) is 5.02 Å². The molecule has 1 heterocycles. The summed E-state index contributed by atoms with van der Waals surface area (Å²) in [5, 5.41) is 0.656. The van der Waals surface area contributed by atoms with Gasteiger partial charge in [-0.1, -0.05) is 17.7 Å². The van der Waals surface area contributed by atoms with E-state index in [2.05, 4.69) is 30.7 Å². The fourth-order valence-electron chi connectivity index (χ4n) is 2.87. The molecule has 3 nitrogen and oxygen atoms in total. The molecule has 0 N–H and O–H groups in total. The van der Waals surface area contributed by atoms with Crippen LogP contribution in [-0.2, 0) is 11.2 Å². The summed E-state index contributed by atoms with van der Waals surface area (Å²) in [5.41, 5.74) is 2.41. The summed E-state index contributed by atoms with van der Waals surface area (Å²) in [6, 6.07) is 4.15. The van der Waals surface area contributed by atoms with Gasteiger partial charge >= 0.3 is 0 Å². The molecular weight excluding hydrogens is 310 g/mol. The molecule has 2 rings (SSSR count). The normalized spacial score (nSPS) is 19.1. The van der Waals surface area contributed by atoms with Gasteiger partial charge in [0, 0.05) is 19.0 Å². The highest BCUT2D eigenvalue weighted by molar-refractivity contribution is 6.32. The molecule has 0 bridgehead atoms. The van der Waals surface area contributed by atoms with Crippen LogP contribution in [0.25, 0.3) is 0 Å². The molecule has 4 heteroatoms. The van der Waals surface area contributed by atoms with Gasteiger partial charge in [-0.15, -0.1) is 6.58 Å². The third kappa shape index (κ3) is 5.23. The molecule has 0 fully saturated rings. The number of rotatable bonds is 5. The van der Waals surface area contributed by atoms with Gasteiger partial charge in [-0.3, -0.25) is 0 Å². The van der Waals surface area contributed by atoms with Crippen LogP contribution in [0.15, 0.2) is 24.8 Å². The first-order valence-corrected chi connectivity index (χ1v) is 8.56. The number of ether oxygens (including phenoxy) is 2. The Hall–Kier alpha value is -1.03. The summed E-state index contributed by atoms with van der Waals surface area (Å²) in [6.45, 7) is 12.2. The molecule has 0 aromatic heterocycles. The quantitative estimate of drug-likeness (QED) is 0.577. The maximum Gasteiger partial charge on any atom is 0.189 e. The van der Waals surface area contributed by atoms with Crippen molar-refractivity contribution in [3.63, 3.8) is 0 Å². The lowest BCUT2D eigenvalue weighted by Gasteiger charge is -2.22. The summed E-state index contributed by atoms with van der Waals surface area (Å²) in [7, 11) is 2.16. The van der Waals surface area contributed by atoms with Gasteiger partial charge in [-0.05, 0) is 63.9 Å². The van der Waals surface area contributed by atoms with E-state index < -0.39 is 0 Å². The maximum atomic E-state index is 6.41. The third-order valence-electron chi connectivity index (χ3n) is 4.09. The summed E-state index contributed by atoms with van der Waals surface area (Å²) >= 11 is 6.41. The number of hydrogen-bond acceptors (Lipinski definition) is 3. The van der Waals surface area contributed by atoms with Crippen LogP contribution in [0.5, 0.6) is 5.75 Å². The second kappa shape index (κ2) is 7.69. The lowest BCUT2D eigenvalue weighted by Crippen LogP contribution is -2.23. The van der Waals surface area contributed by atoms with Gasteiger partial charge in [0.25, 0.3) is 0 Å². The van der Waals surface area contributed by atoms with E-state index in [9.17, 15) is 0 Å². The first-order chi connectivity index (χ1) is 10.8. The number of likely N-dealkylation sites (N-methyl/N-ethyl adjacent to an activating group) is 1. The second-order valence-electron chi connectivity index (χ2n) is 7.23. The van der Waals surface area contributed by atoms with E-state index >= 15 is 0 Å². The van der Waals surface area contributed by atoms with Gasteiger partial charge in [0.15, 0.2) is 6.79 Å². The van der Waals surface area contributed by atoms with Crippen molar-refractivity contribution in [3.8, 4) is 5.75 Å². The van der Waals surface area contributed by atoms with E-state index in [1.807, 2.05) is 26.8 Å². The molecular formula is C19H28ClNO2. The SMILES string of the molecule is C=CCC1CN(C)CCc2cc(Cl)c(OCOC(C)(C)C)cc21. The van der Waals surface area contributed by atoms with Crippen molar-refractivity contribution in [2.45, 2.75) is 45.1 Å². The lowest BCUT2D eigenvalue weighted by atomic mass is 9.91. The Morgan fingerprint density at radius 3 is 2.78 bits per heavy atom. The molecule has 1 atom stereocenters. The highest BCUT2D eigenvalue weighted by Gasteiger charge is 2.22. The topological polar surface area (TPSA) is 21.7 Å². The summed E-state index contributed by atoms with van der Waals surface area (Å²) in [6.07, 6.45) is 3.96. The van der Waals surface area contributed by atoms with Gasteiger partial charge < -0.3 is 14.4 Å². The molecule has 1 aliphatic heterocycles. The second-order valence-corrected chi connectivity index (χ2v) is 7.64. The number of hydrogen-bond donors (Lipinski definition) is 0. The maximum absolute atomic E-state index is 6.41. The molecule has 1 aromatic rings. The monoisotopic (exact) mass is 337 g/mol. The summed E-state index contributed by atoms with van der Waals surface area (Å²) in [4.78, 5) is 2.37. The van der Waals surface area contributed by atoms with Crippen LogP contribution in [0.1, 0.15) is 44.2 Å².